The highest BCUT2D eigenvalue weighted by atomic mass is 19.1. The lowest BCUT2D eigenvalue weighted by atomic mass is 9.99. The molecular formula is C17H17FN4O2. The average Bonchev–Trinajstić information content (AvgIpc) is 2.65. The highest BCUT2D eigenvalue weighted by Crippen LogP contribution is 2.24. The van der Waals surface area contributed by atoms with Crippen LogP contribution >= 0.6 is 0 Å². The summed E-state index contributed by atoms with van der Waals surface area (Å²) in [6.07, 6.45) is 0.409. The van der Waals surface area contributed by atoms with Crippen molar-refractivity contribution in [3.63, 3.8) is 0 Å². The van der Waals surface area contributed by atoms with Gasteiger partial charge in [-0.2, -0.15) is 0 Å². The van der Waals surface area contributed by atoms with Crippen molar-refractivity contribution in [2.45, 2.75) is 12.1 Å². The van der Waals surface area contributed by atoms with E-state index in [0.29, 0.717) is 11.4 Å². The van der Waals surface area contributed by atoms with Crippen molar-refractivity contribution >= 4 is 11.7 Å². The lowest BCUT2D eigenvalue weighted by molar-refractivity contribution is -0.121. The number of carbonyl (C=O) groups is 1. The van der Waals surface area contributed by atoms with E-state index in [1.54, 1.807) is 42.6 Å². The first-order valence-electron chi connectivity index (χ1n) is 7.26. The SMILES string of the molecule is [C-]#[N+]c1ccc(-c2ccc([C@@H](O)[C@@H](CF)NC(=O)CN)cc2)cn1. The summed E-state index contributed by atoms with van der Waals surface area (Å²) in [5.74, 6) is -0.216. The number of alkyl halides is 1. The molecule has 0 aliphatic rings. The first-order valence-corrected chi connectivity index (χ1v) is 7.26. The van der Waals surface area contributed by atoms with Crippen LogP contribution in [0.5, 0.6) is 0 Å². The van der Waals surface area contributed by atoms with Crippen LogP contribution < -0.4 is 11.1 Å². The smallest absolute Gasteiger partial charge is 0.269 e. The molecule has 0 saturated carbocycles. The van der Waals surface area contributed by atoms with Crippen LogP contribution in [-0.4, -0.2) is 35.3 Å². The summed E-state index contributed by atoms with van der Waals surface area (Å²) < 4.78 is 13.1. The molecule has 4 N–H and O–H groups in total. The Hall–Kier alpha value is -2.82. The third-order valence-electron chi connectivity index (χ3n) is 3.53. The highest BCUT2D eigenvalue weighted by Gasteiger charge is 2.22. The molecule has 124 valence electrons. The maximum atomic E-state index is 13.1. The molecule has 0 radical (unpaired) electrons. The minimum Gasteiger partial charge on any atom is -0.386 e. The molecule has 1 aromatic heterocycles. The molecule has 1 amide bonds. The van der Waals surface area contributed by atoms with Gasteiger partial charge in [-0.25, -0.2) is 4.39 Å². The summed E-state index contributed by atoms with van der Waals surface area (Å²) >= 11 is 0. The third kappa shape index (κ3) is 4.13. The van der Waals surface area contributed by atoms with Crippen LogP contribution in [0.2, 0.25) is 0 Å². The maximum absolute atomic E-state index is 13.1. The number of hydrogen-bond donors (Lipinski definition) is 3. The molecule has 0 bridgehead atoms. The number of aliphatic hydroxyl groups is 1. The Bertz CT molecular complexity index is 726. The van der Waals surface area contributed by atoms with E-state index >= 15 is 0 Å². The zero-order valence-corrected chi connectivity index (χ0v) is 12.8. The maximum Gasteiger partial charge on any atom is 0.269 e. The van der Waals surface area contributed by atoms with Gasteiger partial charge in [0.2, 0.25) is 5.91 Å². The fraction of sp³-hybridized carbons (Fsp3) is 0.235. The number of aromatic nitrogens is 1. The van der Waals surface area contributed by atoms with Crippen LogP contribution in [0.4, 0.5) is 10.2 Å². The minimum absolute atomic E-state index is 0.268. The van der Waals surface area contributed by atoms with Gasteiger partial charge in [-0.3, -0.25) is 4.79 Å². The summed E-state index contributed by atoms with van der Waals surface area (Å²) in [6, 6.07) is 9.16. The van der Waals surface area contributed by atoms with Crippen molar-refractivity contribution in [1.29, 1.82) is 0 Å². The highest BCUT2D eigenvalue weighted by molar-refractivity contribution is 5.78. The van der Waals surface area contributed by atoms with Gasteiger partial charge < -0.3 is 21.0 Å². The standard InChI is InChI=1S/C17H17FN4O2/c1-20-15-7-6-13(10-21-15)11-2-4-12(5-3-11)17(24)14(8-18)22-16(23)9-19/h2-7,10,14,17,24H,8-9,19H2,(H,22,23)/t14-,17-/m1/s1. The van der Waals surface area contributed by atoms with Crippen molar-refractivity contribution in [2.75, 3.05) is 13.2 Å². The number of pyridine rings is 1. The molecule has 0 unspecified atom stereocenters. The van der Waals surface area contributed by atoms with Crippen molar-refractivity contribution in [3.05, 3.63) is 59.6 Å². The number of halogens is 1. The van der Waals surface area contributed by atoms with Crippen LogP contribution in [0.25, 0.3) is 16.0 Å². The summed E-state index contributed by atoms with van der Waals surface area (Å²) in [6.45, 7) is 5.71. The van der Waals surface area contributed by atoms with Gasteiger partial charge in [-0.05, 0) is 17.2 Å². The molecule has 0 fully saturated rings. The molecule has 6 nitrogen and oxygen atoms in total. The van der Waals surface area contributed by atoms with E-state index < -0.39 is 24.7 Å². The molecule has 2 atom stereocenters. The van der Waals surface area contributed by atoms with E-state index in [9.17, 15) is 14.3 Å². The number of nitrogens with two attached hydrogens (primary N) is 1. The number of amides is 1. The normalized spacial score (nSPS) is 12.9. The molecular weight excluding hydrogens is 311 g/mol. The zero-order chi connectivity index (χ0) is 17.5. The predicted molar refractivity (Wildman–Crippen MR) is 87.9 cm³/mol. The Morgan fingerprint density at radius 1 is 1.29 bits per heavy atom. The van der Waals surface area contributed by atoms with Gasteiger partial charge in [0.15, 0.2) is 0 Å². The van der Waals surface area contributed by atoms with Crippen LogP contribution in [0.15, 0.2) is 42.6 Å². The van der Waals surface area contributed by atoms with Crippen LogP contribution in [0, 0.1) is 6.57 Å². The van der Waals surface area contributed by atoms with Gasteiger partial charge in [0, 0.05) is 5.56 Å². The van der Waals surface area contributed by atoms with Crippen molar-refractivity contribution in [3.8, 4) is 11.1 Å². The number of aliphatic hydroxyl groups excluding tert-OH is 1. The van der Waals surface area contributed by atoms with Crippen molar-refractivity contribution < 1.29 is 14.3 Å². The predicted octanol–water partition coefficient (Wildman–Crippen LogP) is 1.75. The summed E-state index contributed by atoms with van der Waals surface area (Å²) in [7, 11) is 0. The Balaban J connectivity index is 2.15. The first-order chi connectivity index (χ1) is 11.6. The fourth-order valence-corrected chi connectivity index (χ4v) is 2.20. The van der Waals surface area contributed by atoms with Crippen molar-refractivity contribution in [2.24, 2.45) is 5.73 Å². The van der Waals surface area contributed by atoms with Crippen LogP contribution in [0.3, 0.4) is 0 Å². The van der Waals surface area contributed by atoms with Crippen LogP contribution in [0.1, 0.15) is 11.7 Å². The van der Waals surface area contributed by atoms with Gasteiger partial charge in [-0.1, -0.05) is 36.9 Å². The number of nitrogens with one attached hydrogen (secondary N) is 1. The molecule has 24 heavy (non-hydrogen) atoms. The molecule has 2 aromatic rings. The number of benzene rings is 1. The van der Waals surface area contributed by atoms with E-state index in [-0.39, 0.29) is 6.54 Å². The van der Waals surface area contributed by atoms with Gasteiger partial charge in [0.1, 0.15) is 19.0 Å². The lowest BCUT2D eigenvalue weighted by Gasteiger charge is -2.21. The quantitative estimate of drug-likeness (QED) is 0.704. The van der Waals surface area contributed by atoms with E-state index in [2.05, 4.69) is 15.1 Å². The van der Waals surface area contributed by atoms with Crippen molar-refractivity contribution in [1.82, 2.24) is 10.3 Å². The van der Waals surface area contributed by atoms with E-state index in [4.69, 9.17) is 12.3 Å². The number of hydrogen-bond acceptors (Lipinski definition) is 4. The first kappa shape index (κ1) is 17.5. The lowest BCUT2D eigenvalue weighted by Crippen LogP contribution is -2.43. The summed E-state index contributed by atoms with van der Waals surface area (Å²) in [5.41, 5.74) is 7.32. The Labute approximate surface area is 139 Å². The summed E-state index contributed by atoms with van der Waals surface area (Å²) in [5, 5.41) is 12.6. The number of nitrogens with zero attached hydrogens (tertiary/aromatic N) is 2. The molecule has 2 rings (SSSR count). The van der Waals surface area contributed by atoms with E-state index in [1.165, 1.54) is 0 Å². The molecule has 7 heteroatoms. The Kier molecular flexibility index (Phi) is 5.95. The van der Waals surface area contributed by atoms with Gasteiger partial charge in [0.25, 0.3) is 5.82 Å². The second-order valence-corrected chi connectivity index (χ2v) is 5.12. The topological polar surface area (TPSA) is 92.6 Å². The van der Waals surface area contributed by atoms with Crippen LogP contribution in [-0.2, 0) is 4.79 Å². The zero-order valence-electron chi connectivity index (χ0n) is 12.8. The average molecular weight is 328 g/mol. The number of carbonyl (C=O) groups excluding carboxylic acids is 1. The molecule has 0 saturated heterocycles. The van der Waals surface area contributed by atoms with E-state index in [1.807, 2.05) is 0 Å². The summed E-state index contributed by atoms with van der Waals surface area (Å²) in [4.78, 5) is 18.5. The Morgan fingerprint density at radius 3 is 2.46 bits per heavy atom. The molecule has 1 aromatic carbocycles. The van der Waals surface area contributed by atoms with E-state index in [0.717, 1.165) is 11.1 Å². The Morgan fingerprint density at radius 2 is 1.96 bits per heavy atom. The minimum atomic E-state index is -1.18. The second kappa shape index (κ2) is 8.15. The molecule has 0 aliphatic heterocycles. The second-order valence-electron chi connectivity index (χ2n) is 5.12. The van der Waals surface area contributed by atoms with Gasteiger partial charge >= 0.3 is 0 Å². The molecule has 0 spiro atoms. The molecule has 1 heterocycles. The molecule has 0 aliphatic carbocycles. The van der Waals surface area contributed by atoms with Gasteiger partial charge in [0.05, 0.1) is 12.6 Å². The third-order valence-corrected chi connectivity index (χ3v) is 3.53. The number of rotatable bonds is 6. The fourth-order valence-electron chi connectivity index (χ4n) is 2.20. The largest absolute Gasteiger partial charge is 0.386 e. The van der Waals surface area contributed by atoms with Gasteiger partial charge in [-0.15, -0.1) is 4.98 Å². The monoisotopic (exact) mass is 328 g/mol.